The highest BCUT2D eigenvalue weighted by atomic mass is 32.2. The van der Waals surface area contributed by atoms with Gasteiger partial charge in [-0.15, -0.1) is 0 Å². The fraction of sp³-hybridized carbons (Fsp3) is 0.500. The summed E-state index contributed by atoms with van der Waals surface area (Å²) in [6.45, 7) is 23.8. The predicted octanol–water partition coefficient (Wildman–Crippen LogP) is 8.67. The van der Waals surface area contributed by atoms with Crippen LogP contribution in [0.5, 0.6) is 0 Å². The minimum absolute atomic E-state index is 0.284. The van der Waals surface area contributed by atoms with Crippen LogP contribution in [0, 0.1) is 0 Å². The Kier molecular flexibility index (Phi) is 7.08. The van der Waals surface area contributed by atoms with E-state index in [1.807, 2.05) is 11.8 Å². The van der Waals surface area contributed by atoms with Crippen molar-refractivity contribution in [3.63, 3.8) is 0 Å². The Morgan fingerprint density at radius 2 is 0.897 bits per heavy atom. The van der Waals surface area contributed by atoms with Crippen LogP contribution >= 0.6 is 11.8 Å². The number of benzene rings is 2. The lowest BCUT2D eigenvalue weighted by Crippen LogP contribution is -2.46. The average molecular weight is 445 g/mol. The maximum Gasteiger partial charge on any atom is 0.152 e. The Morgan fingerprint density at radius 3 is 1.21 bits per heavy atom. The Labute approximate surface area is 185 Å². The van der Waals surface area contributed by atoms with Gasteiger partial charge in [0.15, 0.2) is 16.5 Å². The first-order chi connectivity index (χ1) is 13.1. The summed E-state index contributed by atoms with van der Waals surface area (Å²) in [6, 6.07) is 17.5. The van der Waals surface area contributed by atoms with Crippen molar-refractivity contribution in [2.45, 2.75) is 87.6 Å². The van der Waals surface area contributed by atoms with Gasteiger partial charge in [0.25, 0.3) is 0 Å². The summed E-state index contributed by atoms with van der Waals surface area (Å²) in [5.74, 6) is 0. The van der Waals surface area contributed by atoms with E-state index in [1.165, 1.54) is 21.2 Å². The molecule has 5 heteroatoms. The standard InChI is InChI=1S/C24H40N2SSi2/c1-23(2,3)28(7,8)25-19-15-11-13-17-21(19)27-22-18-14-12-16-20(22)26-29(9,10)24(4,5)6/h11-18,25-26H,1-10H3. The topological polar surface area (TPSA) is 24.1 Å². The molecule has 0 bridgehead atoms. The number of hydrogen-bond donors (Lipinski definition) is 2. The molecule has 0 atom stereocenters. The third-order valence-electron chi connectivity index (χ3n) is 6.64. The van der Waals surface area contributed by atoms with Crippen LogP contribution in [0.2, 0.25) is 36.3 Å². The van der Waals surface area contributed by atoms with Gasteiger partial charge in [-0.05, 0) is 34.3 Å². The number of para-hydroxylation sites is 2. The van der Waals surface area contributed by atoms with Crippen LogP contribution in [-0.4, -0.2) is 16.5 Å². The zero-order chi connectivity index (χ0) is 22.1. The van der Waals surface area contributed by atoms with Crippen LogP contribution in [0.25, 0.3) is 0 Å². The van der Waals surface area contributed by atoms with E-state index in [0.717, 1.165) is 0 Å². The lowest BCUT2D eigenvalue weighted by molar-refractivity contribution is 0.723. The highest BCUT2D eigenvalue weighted by Crippen LogP contribution is 2.43. The lowest BCUT2D eigenvalue weighted by atomic mass is 10.2. The van der Waals surface area contributed by atoms with Crippen molar-refractivity contribution >= 4 is 39.6 Å². The molecule has 0 aromatic heterocycles. The number of hydrogen-bond acceptors (Lipinski definition) is 3. The molecule has 0 aliphatic carbocycles. The number of nitrogens with one attached hydrogen (secondary N) is 2. The molecule has 160 valence electrons. The van der Waals surface area contributed by atoms with Gasteiger partial charge in [-0.1, -0.05) is 104 Å². The van der Waals surface area contributed by atoms with E-state index < -0.39 is 16.5 Å². The Hall–Kier alpha value is -1.18. The minimum Gasteiger partial charge on any atom is -0.409 e. The molecule has 2 N–H and O–H groups in total. The first kappa shape index (κ1) is 24.1. The van der Waals surface area contributed by atoms with Crippen molar-refractivity contribution in [2.75, 3.05) is 9.96 Å². The normalized spacial score (nSPS) is 13.3. The molecule has 0 heterocycles. The number of anilines is 2. The van der Waals surface area contributed by atoms with Gasteiger partial charge in [-0.25, -0.2) is 0 Å². The predicted molar refractivity (Wildman–Crippen MR) is 139 cm³/mol. The lowest BCUT2D eigenvalue weighted by Gasteiger charge is -2.39. The first-order valence-corrected chi connectivity index (χ1v) is 17.4. The fourth-order valence-electron chi connectivity index (χ4n) is 2.48. The van der Waals surface area contributed by atoms with Crippen molar-refractivity contribution < 1.29 is 0 Å². The van der Waals surface area contributed by atoms with Crippen molar-refractivity contribution in [1.29, 1.82) is 0 Å². The molecule has 0 amide bonds. The average Bonchev–Trinajstić information content (AvgIpc) is 2.56. The summed E-state index contributed by atoms with van der Waals surface area (Å²) in [6.07, 6.45) is 0. The zero-order valence-electron chi connectivity index (χ0n) is 20.0. The van der Waals surface area contributed by atoms with Crippen LogP contribution in [0.4, 0.5) is 11.4 Å². The van der Waals surface area contributed by atoms with E-state index in [2.05, 4.69) is 126 Å². The molecule has 0 aliphatic heterocycles. The molecule has 0 saturated carbocycles. The second-order valence-electron chi connectivity index (χ2n) is 11.1. The highest BCUT2D eigenvalue weighted by molar-refractivity contribution is 7.99. The summed E-state index contributed by atoms with van der Waals surface area (Å²) >= 11 is 1.86. The molecule has 0 saturated heterocycles. The molecule has 0 radical (unpaired) electrons. The summed E-state index contributed by atoms with van der Waals surface area (Å²) in [4.78, 5) is 10.5. The monoisotopic (exact) mass is 444 g/mol. The Balaban J connectivity index is 2.35. The second kappa shape index (κ2) is 8.52. The summed E-state index contributed by atoms with van der Waals surface area (Å²) in [5.41, 5.74) is 2.51. The van der Waals surface area contributed by atoms with Crippen LogP contribution in [0.3, 0.4) is 0 Å². The molecule has 0 fully saturated rings. The van der Waals surface area contributed by atoms with Gasteiger partial charge in [-0.3, -0.25) is 0 Å². The molecule has 2 nitrogen and oxygen atoms in total. The molecule has 0 spiro atoms. The quantitative estimate of drug-likeness (QED) is 0.436. The van der Waals surface area contributed by atoms with Gasteiger partial charge in [0.05, 0.1) is 0 Å². The maximum absolute atomic E-state index is 3.95. The summed E-state index contributed by atoms with van der Waals surface area (Å²) in [5, 5.41) is 0.569. The maximum atomic E-state index is 3.95. The molecule has 2 rings (SSSR count). The third-order valence-corrected chi connectivity index (χ3v) is 17.1. The van der Waals surface area contributed by atoms with E-state index in [1.54, 1.807) is 0 Å². The van der Waals surface area contributed by atoms with E-state index in [4.69, 9.17) is 0 Å². The zero-order valence-corrected chi connectivity index (χ0v) is 22.8. The molecule has 29 heavy (non-hydrogen) atoms. The summed E-state index contributed by atoms with van der Waals surface area (Å²) in [7, 11) is -3.29. The van der Waals surface area contributed by atoms with Crippen LogP contribution < -0.4 is 9.96 Å². The van der Waals surface area contributed by atoms with E-state index in [0.29, 0.717) is 0 Å². The fourth-order valence-corrected chi connectivity index (χ4v) is 6.19. The smallest absolute Gasteiger partial charge is 0.152 e. The first-order valence-electron chi connectivity index (χ1n) is 10.6. The van der Waals surface area contributed by atoms with Gasteiger partial charge in [0.1, 0.15) is 0 Å². The summed E-state index contributed by atoms with van der Waals surface area (Å²) < 4.78 is 0. The van der Waals surface area contributed by atoms with Crippen molar-refractivity contribution in [1.82, 2.24) is 0 Å². The van der Waals surface area contributed by atoms with Gasteiger partial charge < -0.3 is 9.96 Å². The highest BCUT2D eigenvalue weighted by Gasteiger charge is 2.37. The van der Waals surface area contributed by atoms with Crippen LogP contribution in [0.1, 0.15) is 41.5 Å². The Morgan fingerprint density at radius 1 is 0.586 bits per heavy atom. The molecule has 0 unspecified atom stereocenters. The van der Waals surface area contributed by atoms with E-state index in [-0.39, 0.29) is 10.1 Å². The second-order valence-corrected chi connectivity index (χ2v) is 22.2. The van der Waals surface area contributed by atoms with Gasteiger partial charge in [0, 0.05) is 21.2 Å². The third kappa shape index (κ3) is 5.92. The molecule has 2 aromatic carbocycles. The van der Waals surface area contributed by atoms with Crippen molar-refractivity contribution in [3.8, 4) is 0 Å². The van der Waals surface area contributed by atoms with Gasteiger partial charge >= 0.3 is 0 Å². The molecule has 2 aromatic rings. The van der Waals surface area contributed by atoms with Crippen molar-refractivity contribution in [2.24, 2.45) is 0 Å². The number of rotatable bonds is 6. The largest absolute Gasteiger partial charge is 0.409 e. The van der Waals surface area contributed by atoms with E-state index >= 15 is 0 Å². The van der Waals surface area contributed by atoms with Crippen LogP contribution in [-0.2, 0) is 0 Å². The molecule has 0 aliphatic rings. The van der Waals surface area contributed by atoms with Gasteiger partial charge in [-0.2, -0.15) is 0 Å². The van der Waals surface area contributed by atoms with Gasteiger partial charge in [0.2, 0.25) is 0 Å². The SMILES string of the molecule is CC(C)(C)[Si](C)(C)Nc1ccccc1Sc1ccccc1N[Si](C)(C)C(C)(C)C. The van der Waals surface area contributed by atoms with E-state index in [9.17, 15) is 0 Å². The Bertz CT molecular complexity index is 764. The van der Waals surface area contributed by atoms with Crippen molar-refractivity contribution in [3.05, 3.63) is 48.5 Å². The molecular formula is C24H40N2SSi2. The van der Waals surface area contributed by atoms with Crippen LogP contribution in [0.15, 0.2) is 58.3 Å². The minimum atomic E-state index is -1.64. The molecular weight excluding hydrogens is 405 g/mol.